The molecule has 0 radical (unpaired) electrons. The molecule has 0 N–H and O–H groups in total. The fraction of sp³-hybridized carbons (Fsp3) is 0.833. The largest absolute Gasteiger partial charge is 0.322 e. The van der Waals surface area contributed by atoms with Crippen LogP contribution in [0.1, 0.15) is 40.5 Å². The van der Waals surface area contributed by atoms with Gasteiger partial charge in [0.2, 0.25) is 5.12 Å². The third-order valence-electron chi connectivity index (χ3n) is 3.91. The number of carbonyl (C=O) groups is 2. The molecule has 0 fully saturated rings. The van der Waals surface area contributed by atoms with E-state index in [1.807, 2.05) is 14.0 Å². The summed E-state index contributed by atoms with van der Waals surface area (Å²) in [5.74, 6) is 0.0219. The third-order valence-corrected chi connectivity index (χ3v) is 4.51. The highest BCUT2D eigenvalue weighted by atomic mass is 32.2. The van der Waals surface area contributed by atoms with Gasteiger partial charge in [-0.1, -0.05) is 18.7 Å². The molecular weight excluding hydrogens is 222 g/mol. The van der Waals surface area contributed by atoms with Crippen LogP contribution in [0.4, 0.5) is 0 Å². The predicted molar refractivity (Wildman–Crippen MR) is 69.2 cm³/mol. The van der Waals surface area contributed by atoms with Crippen molar-refractivity contribution in [1.29, 1.82) is 0 Å². The molecular formula is C12H24NO2S+. The van der Waals surface area contributed by atoms with E-state index in [4.69, 9.17) is 0 Å². The van der Waals surface area contributed by atoms with E-state index in [0.717, 1.165) is 24.7 Å². The van der Waals surface area contributed by atoms with Crippen LogP contribution >= 0.6 is 11.8 Å². The summed E-state index contributed by atoms with van der Waals surface area (Å²) < 4.78 is 0.329. The van der Waals surface area contributed by atoms with Gasteiger partial charge in [0.1, 0.15) is 6.42 Å². The maximum absolute atomic E-state index is 12.2. The highest BCUT2D eigenvalue weighted by Gasteiger charge is 2.44. The van der Waals surface area contributed by atoms with E-state index in [0.29, 0.717) is 4.48 Å². The van der Waals surface area contributed by atoms with E-state index in [1.54, 1.807) is 6.26 Å². The summed E-state index contributed by atoms with van der Waals surface area (Å²) in [6.07, 6.45) is 2.67. The van der Waals surface area contributed by atoms with Crippen molar-refractivity contribution < 1.29 is 14.1 Å². The number of carbonyl (C=O) groups excluding carboxylic acids is 2. The summed E-state index contributed by atoms with van der Waals surface area (Å²) >= 11 is 1.13. The first-order valence-electron chi connectivity index (χ1n) is 5.71. The number of rotatable bonds is 5. The topological polar surface area (TPSA) is 34.1 Å². The second kappa shape index (κ2) is 5.82. The van der Waals surface area contributed by atoms with Crippen LogP contribution in [0, 0.1) is 0 Å². The van der Waals surface area contributed by atoms with Gasteiger partial charge >= 0.3 is 5.91 Å². The normalized spacial score (nSPS) is 15.6. The molecule has 0 aliphatic heterocycles. The van der Waals surface area contributed by atoms with Crippen molar-refractivity contribution in [1.82, 2.24) is 0 Å². The second-order valence-electron chi connectivity index (χ2n) is 4.82. The predicted octanol–water partition coefficient (Wildman–Crippen LogP) is 2.45. The molecule has 4 heteroatoms. The SMILES string of the molecule is CCC(C)(C)[N+](C)(CC)C(=O)CC(=O)SC. The van der Waals surface area contributed by atoms with Crippen molar-refractivity contribution >= 4 is 22.8 Å². The molecule has 0 aromatic rings. The number of nitrogens with zero attached hydrogens (tertiary/aromatic N) is 1. The van der Waals surface area contributed by atoms with Crippen molar-refractivity contribution in [2.24, 2.45) is 0 Å². The fourth-order valence-electron chi connectivity index (χ4n) is 1.66. The molecule has 0 saturated heterocycles. The Kier molecular flexibility index (Phi) is 5.70. The van der Waals surface area contributed by atoms with Crippen molar-refractivity contribution in [3.8, 4) is 0 Å². The van der Waals surface area contributed by atoms with Gasteiger partial charge in [0.05, 0.1) is 19.1 Å². The van der Waals surface area contributed by atoms with Crippen LogP contribution in [0.2, 0.25) is 0 Å². The van der Waals surface area contributed by atoms with Crippen molar-refractivity contribution in [2.45, 2.75) is 46.1 Å². The minimum Gasteiger partial charge on any atom is -0.286 e. The Hall–Kier alpha value is -0.350. The first kappa shape index (κ1) is 15.7. The van der Waals surface area contributed by atoms with Crippen LogP contribution in [-0.4, -0.2) is 40.9 Å². The number of amides is 1. The molecule has 1 atom stereocenters. The number of quaternary nitrogens is 1. The van der Waals surface area contributed by atoms with Gasteiger partial charge in [0.15, 0.2) is 0 Å². The Morgan fingerprint density at radius 3 is 2.06 bits per heavy atom. The molecule has 0 aromatic heterocycles. The zero-order chi connectivity index (χ0) is 13.0. The summed E-state index contributed by atoms with van der Waals surface area (Å²) in [6, 6.07) is 0. The van der Waals surface area contributed by atoms with Crippen molar-refractivity contribution in [3.05, 3.63) is 0 Å². The molecule has 0 aliphatic carbocycles. The van der Waals surface area contributed by atoms with Crippen molar-refractivity contribution in [3.63, 3.8) is 0 Å². The molecule has 1 unspecified atom stereocenters. The van der Waals surface area contributed by atoms with Crippen LogP contribution in [0.25, 0.3) is 0 Å². The van der Waals surface area contributed by atoms with Gasteiger partial charge in [-0.15, -0.1) is 0 Å². The smallest absolute Gasteiger partial charge is 0.286 e. The molecule has 3 nitrogen and oxygen atoms in total. The lowest BCUT2D eigenvalue weighted by atomic mass is 9.95. The van der Waals surface area contributed by atoms with E-state index >= 15 is 0 Å². The van der Waals surface area contributed by atoms with E-state index in [1.165, 1.54) is 0 Å². The first-order valence-corrected chi connectivity index (χ1v) is 6.93. The molecule has 0 heterocycles. The zero-order valence-electron chi connectivity index (χ0n) is 11.3. The van der Waals surface area contributed by atoms with Crippen molar-refractivity contribution in [2.75, 3.05) is 19.8 Å². The van der Waals surface area contributed by atoms with Crippen LogP contribution in [0.3, 0.4) is 0 Å². The molecule has 0 spiro atoms. The van der Waals surface area contributed by atoms with Crippen LogP contribution in [0.15, 0.2) is 0 Å². The van der Waals surface area contributed by atoms with E-state index in [-0.39, 0.29) is 23.0 Å². The molecule has 0 aliphatic rings. The molecule has 0 aromatic carbocycles. The highest BCUT2D eigenvalue weighted by Crippen LogP contribution is 2.27. The molecule has 94 valence electrons. The van der Waals surface area contributed by atoms with Gasteiger partial charge in [-0.2, -0.15) is 0 Å². The van der Waals surface area contributed by atoms with E-state index < -0.39 is 0 Å². The fourth-order valence-corrected chi connectivity index (χ4v) is 1.93. The quantitative estimate of drug-likeness (QED) is 0.552. The second-order valence-corrected chi connectivity index (χ2v) is 5.68. The average Bonchev–Trinajstić information content (AvgIpc) is 2.27. The Labute approximate surface area is 103 Å². The van der Waals surface area contributed by atoms with Gasteiger partial charge in [-0.25, -0.2) is 4.79 Å². The summed E-state index contributed by atoms with van der Waals surface area (Å²) in [6.45, 7) is 8.96. The van der Waals surface area contributed by atoms with Gasteiger partial charge in [-0.3, -0.25) is 9.28 Å². The maximum atomic E-state index is 12.2. The Balaban J connectivity index is 4.97. The lowest BCUT2D eigenvalue weighted by molar-refractivity contribution is -0.883. The Morgan fingerprint density at radius 1 is 1.25 bits per heavy atom. The van der Waals surface area contributed by atoms with E-state index in [2.05, 4.69) is 20.8 Å². The maximum Gasteiger partial charge on any atom is 0.322 e. The summed E-state index contributed by atoms with van der Waals surface area (Å²) in [5.41, 5.74) is -0.121. The minimum atomic E-state index is -0.121. The van der Waals surface area contributed by atoms with Crippen LogP contribution < -0.4 is 0 Å². The third kappa shape index (κ3) is 3.08. The molecule has 1 amide bonds. The standard InChI is InChI=1S/C12H24NO2S/c1-7-12(3,4)13(5,8-2)10(14)9-11(15)16-6/h7-9H2,1-6H3/q+1. The van der Waals surface area contributed by atoms with Gasteiger partial charge in [-0.05, 0) is 33.4 Å². The molecule has 16 heavy (non-hydrogen) atoms. The lowest BCUT2D eigenvalue weighted by Gasteiger charge is -2.44. The summed E-state index contributed by atoms with van der Waals surface area (Å²) in [4.78, 5) is 23.5. The van der Waals surface area contributed by atoms with Gasteiger partial charge in [0.25, 0.3) is 0 Å². The molecule has 0 bridgehead atoms. The number of hydrogen-bond acceptors (Lipinski definition) is 3. The average molecular weight is 246 g/mol. The first-order chi connectivity index (χ1) is 7.25. The Bertz CT molecular complexity index is 276. The van der Waals surface area contributed by atoms with Crippen LogP contribution in [0.5, 0.6) is 0 Å². The van der Waals surface area contributed by atoms with Crippen LogP contribution in [-0.2, 0) is 9.59 Å². The Morgan fingerprint density at radius 2 is 1.75 bits per heavy atom. The molecule has 0 saturated carbocycles. The zero-order valence-corrected chi connectivity index (χ0v) is 12.1. The minimum absolute atomic E-state index is 0.0219. The monoisotopic (exact) mass is 246 g/mol. The van der Waals surface area contributed by atoms with Gasteiger partial charge in [0, 0.05) is 0 Å². The summed E-state index contributed by atoms with van der Waals surface area (Å²) in [5, 5.41) is -0.0466. The summed E-state index contributed by atoms with van der Waals surface area (Å²) in [7, 11) is 1.93. The number of thioether (sulfide) groups is 1. The highest BCUT2D eigenvalue weighted by molar-refractivity contribution is 8.13. The lowest BCUT2D eigenvalue weighted by Crippen LogP contribution is -2.62. The van der Waals surface area contributed by atoms with Gasteiger partial charge < -0.3 is 0 Å². The number of hydrogen-bond donors (Lipinski definition) is 0. The van der Waals surface area contributed by atoms with E-state index in [9.17, 15) is 9.59 Å². The molecule has 0 rings (SSSR count).